The minimum atomic E-state index is -4.61. The normalized spacial score (nSPS) is 21.0. The van der Waals surface area contributed by atoms with E-state index < -0.39 is 34.4 Å². The van der Waals surface area contributed by atoms with Gasteiger partial charge < -0.3 is 4.74 Å². The average molecular weight is 423 g/mol. The fraction of sp³-hybridized carbons (Fsp3) is 0.348. The summed E-state index contributed by atoms with van der Waals surface area (Å²) >= 11 is 5.34. The van der Waals surface area contributed by atoms with Crippen molar-refractivity contribution in [1.29, 1.82) is 0 Å². The third-order valence-electron chi connectivity index (χ3n) is 5.66. The molecule has 0 bridgehead atoms. The van der Waals surface area contributed by atoms with Crippen LogP contribution < -0.4 is 0 Å². The van der Waals surface area contributed by atoms with Crippen LogP contribution in [-0.2, 0) is 16.1 Å². The van der Waals surface area contributed by atoms with E-state index in [1.165, 1.54) is 0 Å². The first kappa shape index (κ1) is 21.4. The molecule has 0 saturated heterocycles. The lowest BCUT2D eigenvalue weighted by molar-refractivity contribution is -0.147. The molecular weight excluding hydrogens is 401 g/mol. The number of allylic oxidation sites excluding steroid dienone is 2. The van der Waals surface area contributed by atoms with Gasteiger partial charge in [-0.2, -0.15) is 13.2 Å². The predicted octanol–water partition coefficient (Wildman–Crippen LogP) is 6.66. The minimum absolute atomic E-state index is 0.0708. The molecule has 1 aliphatic carbocycles. The highest BCUT2D eigenvalue weighted by Gasteiger charge is 2.62. The van der Waals surface area contributed by atoms with Crippen LogP contribution in [0.4, 0.5) is 13.2 Å². The molecule has 0 N–H and O–H groups in total. The second kappa shape index (κ2) is 7.86. The zero-order valence-electron chi connectivity index (χ0n) is 16.4. The van der Waals surface area contributed by atoms with Crippen molar-refractivity contribution in [3.05, 3.63) is 70.8 Å². The molecule has 0 amide bonds. The van der Waals surface area contributed by atoms with Gasteiger partial charge in [0.05, 0.1) is 5.92 Å². The Balaban J connectivity index is 1.70. The number of hydrogen-bond acceptors (Lipinski definition) is 2. The van der Waals surface area contributed by atoms with Crippen LogP contribution in [0.15, 0.2) is 59.6 Å². The van der Waals surface area contributed by atoms with Gasteiger partial charge in [0.15, 0.2) is 0 Å². The smallest absolute Gasteiger partial charge is 0.426 e. The van der Waals surface area contributed by atoms with Crippen LogP contribution in [0.2, 0.25) is 0 Å². The molecule has 1 saturated carbocycles. The molecule has 6 heteroatoms. The minimum Gasteiger partial charge on any atom is -0.461 e. The molecule has 2 atom stereocenters. The molecule has 2 nitrogen and oxygen atoms in total. The summed E-state index contributed by atoms with van der Waals surface area (Å²) in [7, 11) is 0. The van der Waals surface area contributed by atoms with E-state index in [0.717, 1.165) is 28.3 Å². The molecule has 0 heterocycles. The Hall–Kier alpha value is -2.27. The Morgan fingerprint density at radius 2 is 1.79 bits per heavy atom. The van der Waals surface area contributed by atoms with Crippen LogP contribution in [0.25, 0.3) is 11.1 Å². The quantitative estimate of drug-likeness (QED) is 0.503. The lowest BCUT2D eigenvalue weighted by atomic mass is 9.97. The van der Waals surface area contributed by atoms with Crippen molar-refractivity contribution < 1.29 is 22.7 Å². The van der Waals surface area contributed by atoms with Gasteiger partial charge >= 0.3 is 12.1 Å². The van der Waals surface area contributed by atoms with Crippen LogP contribution >= 0.6 is 11.6 Å². The van der Waals surface area contributed by atoms with Gasteiger partial charge in [-0.3, -0.25) is 4.79 Å². The maximum atomic E-state index is 12.7. The number of carbonyl (C=O) groups excluding carboxylic acids is 1. The molecule has 154 valence electrons. The third-order valence-corrected chi connectivity index (χ3v) is 6.00. The van der Waals surface area contributed by atoms with Gasteiger partial charge in [0.2, 0.25) is 0 Å². The first-order valence-electron chi connectivity index (χ1n) is 9.28. The van der Waals surface area contributed by atoms with Crippen LogP contribution in [0.1, 0.15) is 25.0 Å². The molecule has 0 spiro atoms. The molecule has 1 fully saturated rings. The number of ether oxygens (including phenoxy) is 1. The zero-order valence-corrected chi connectivity index (χ0v) is 17.1. The van der Waals surface area contributed by atoms with Crippen molar-refractivity contribution in [2.24, 2.45) is 17.3 Å². The van der Waals surface area contributed by atoms with Crippen molar-refractivity contribution in [3.8, 4) is 11.1 Å². The molecule has 3 rings (SSSR count). The van der Waals surface area contributed by atoms with Gasteiger partial charge in [0.25, 0.3) is 0 Å². The standard InChI is InChI=1S/C23H22ClF3O2/c1-14-16(10-7-11-17(14)15-8-5-4-6-9-15)13-29-21(28)20-18(22(20,2)3)12-19(24)23(25,26)27/h4-12,18,20H,13H2,1-3H3/t18-,20+/m1/s1. The molecule has 0 unspecified atom stereocenters. The maximum Gasteiger partial charge on any atom is 0.426 e. The fourth-order valence-electron chi connectivity index (χ4n) is 3.70. The monoisotopic (exact) mass is 422 g/mol. The van der Waals surface area contributed by atoms with E-state index in [0.29, 0.717) is 0 Å². The highest BCUT2D eigenvalue weighted by molar-refractivity contribution is 6.30. The van der Waals surface area contributed by atoms with E-state index >= 15 is 0 Å². The number of benzene rings is 2. The van der Waals surface area contributed by atoms with Crippen molar-refractivity contribution in [1.82, 2.24) is 0 Å². The largest absolute Gasteiger partial charge is 0.461 e. The summed E-state index contributed by atoms with van der Waals surface area (Å²) in [5.74, 6) is -1.75. The Morgan fingerprint density at radius 3 is 2.41 bits per heavy atom. The average Bonchev–Trinajstić information content (AvgIpc) is 3.20. The Morgan fingerprint density at radius 1 is 1.14 bits per heavy atom. The predicted molar refractivity (Wildman–Crippen MR) is 107 cm³/mol. The van der Waals surface area contributed by atoms with E-state index in [-0.39, 0.29) is 6.61 Å². The van der Waals surface area contributed by atoms with E-state index in [4.69, 9.17) is 16.3 Å². The van der Waals surface area contributed by atoms with E-state index in [2.05, 4.69) is 0 Å². The first-order chi connectivity index (χ1) is 13.5. The van der Waals surface area contributed by atoms with Crippen LogP contribution in [0.3, 0.4) is 0 Å². The fourth-order valence-corrected chi connectivity index (χ4v) is 3.84. The highest BCUT2D eigenvalue weighted by Crippen LogP contribution is 2.60. The van der Waals surface area contributed by atoms with Crippen LogP contribution in [-0.4, -0.2) is 12.1 Å². The number of carbonyl (C=O) groups is 1. The topological polar surface area (TPSA) is 26.3 Å². The van der Waals surface area contributed by atoms with Crippen molar-refractivity contribution in [2.75, 3.05) is 0 Å². The van der Waals surface area contributed by atoms with E-state index in [1.807, 2.05) is 55.5 Å². The number of rotatable bonds is 5. The first-order valence-corrected chi connectivity index (χ1v) is 9.66. The molecule has 2 aromatic carbocycles. The Bertz CT molecular complexity index is 933. The second-order valence-electron chi connectivity index (χ2n) is 7.90. The summed E-state index contributed by atoms with van der Waals surface area (Å²) in [4.78, 5) is 12.5. The summed E-state index contributed by atoms with van der Waals surface area (Å²) in [6.45, 7) is 5.51. The number of alkyl halides is 3. The maximum absolute atomic E-state index is 12.7. The molecule has 0 aliphatic heterocycles. The van der Waals surface area contributed by atoms with E-state index in [1.54, 1.807) is 13.8 Å². The molecular formula is C23H22ClF3O2. The lowest BCUT2D eigenvalue weighted by Crippen LogP contribution is -2.11. The number of esters is 1. The molecule has 29 heavy (non-hydrogen) atoms. The zero-order chi connectivity index (χ0) is 21.4. The SMILES string of the molecule is Cc1c(COC(=O)[C@@H]2[C@@H](C=C(Cl)C(F)(F)F)C2(C)C)cccc1-c1ccccc1. The Labute approximate surface area is 173 Å². The van der Waals surface area contributed by atoms with Gasteiger partial charge in [0.1, 0.15) is 11.6 Å². The van der Waals surface area contributed by atoms with Gasteiger partial charge in [-0.05, 0) is 40.5 Å². The van der Waals surface area contributed by atoms with Crippen LogP contribution in [0, 0.1) is 24.2 Å². The van der Waals surface area contributed by atoms with Gasteiger partial charge in [-0.25, -0.2) is 0 Å². The third kappa shape index (κ3) is 4.50. The van der Waals surface area contributed by atoms with Crippen molar-refractivity contribution >= 4 is 17.6 Å². The number of hydrogen-bond donors (Lipinski definition) is 0. The molecule has 2 aromatic rings. The summed E-state index contributed by atoms with van der Waals surface area (Å²) in [5.41, 5.74) is 3.34. The number of halogens is 4. The van der Waals surface area contributed by atoms with Crippen molar-refractivity contribution in [3.63, 3.8) is 0 Å². The van der Waals surface area contributed by atoms with E-state index in [9.17, 15) is 18.0 Å². The van der Waals surface area contributed by atoms with Gasteiger partial charge in [-0.1, -0.05) is 80.1 Å². The van der Waals surface area contributed by atoms with Gasteiger partial charge in [-0.15, -0.1) is 0 Å². The molecule has 1 aliphatic rings. The summed E-state index contributed by atoms with van der Waals surface area (Å²) < 4.78 is 43.5. The molecule has 0 radical (unpaired) electrons. The summed E-state index contributed by atoms with van der Waals surface area (Å²) in [5, 5.41) is -1.20. The molecule has 0 aromatic heterocycles. The summed E-state index contributed by atoms with van der Waals surface area (Å²) in [6.07, 6.45) is -3.68. The Kier molecular flexibility index (Phi) is 5.81. The van der Waals surface area contributed by atoms with Gasteiger partial charge in [0, 0.05) is 0 Å². The van der Waals surface area contributed by atoms with Crippen molar-refractivity contribution in [2.45, 2.75) is 33.6 Å². The van der Waals surface area contributed by atoms with Crippen LogP contribution in [0.5, 0.6) is 0 Å². The highest BCUT2D eigenvalue weighted by atomic mass is 35.5. The second-order valence-corrected chi connectivity index (χ2v) is 8.31. The summed E-state index contributed by atoms with van der Waals surface area (Å²) in [6, 6.07) is 15.6. The lowest BCUT2D eigenvalue weighted by Gasteiger charge is -2.12.